The van der Waals surface area contributed by atoms with E-state index in [0.717, 1.165) is 18.3 Å². The minimum atomic E-state index is -3.88. The third kappa shape index (κ3) is 3.88. The van der Waals surface area contributed by atoms with E-state index in [2.05, 4.69) is 11.6 Å². The third-order valence-electron chi connectivity index (χ3n) is 4.19. The maximum Gasteiger partial charge on any atom is 0.351 e. The van der Waals surface area contributed by atoms with Gasteiger partial charge in [-0.15, -0.1) is 0 Å². The fourth-order valence-corrected chi connectivity index (χ4v) is 2.66. The number of nitrogens with zero attached hydrogens (tertiary/aromatic N) is 2. The largest absolute Gasteiger partial charge is 0.462 e. The van der Waals surface area contributed by atoms with E-state index in [4.69, 9.17) is 19.9 Å². The molecule has 0 aliphatic carbocycles. The molecular formula is C17H21F2N3O6. The molecule has 2 N–H and O–H groups in total. The van der Waals surface area contributed by atoms with E-state index in [1.165, 1.54) is 13.8 Å². The zero-order valence-electron chi connectivity index (χ0n) is 15.4. The molecule has 1 saturated heterocycles. The maximum absolute atomic E-state index is 15.2. The zero-order valence-corrected chi connectivity index (χ0v) is 15.4. The van der Waals surface area contributed by atoms with E-state index in [1.807, 2.05) is 0 Å². The van der Waals surface area contributed by atoms with Gasteiger partial charge in [-0.2, -0.15) is 13.8 Å². The Kier molecular flexibility index (Phi) is 6.17. The Morgan fingerprint density at radius 3 is 2.57 bits per heavy atom. The van der Waals surface area contributed by atoms with Gasteiger partial charge in [-0.05, 0) is 6.07 Å². The molecule has 0 aromatic carbocycles. The predicted octanol–water partition coefficient (Wildman–Crippen LogP) is 1.19. The number of esters is 2. The van der Waals surface area contributed by atoms with Gasteiger partial charge >= 0.3 is 23.6 Å². The van der Waals surface area contributed by atoms with Crippen LogP contribution in [0.5, 0.6) is 0 Å². The number of aromatic nitrogens is 2. The lowest BCUT2D eigenvalue weighted by molar-refractivity contribution is -0.179. The molecule has 2 heterocycles. The Morgan fingerprint density at radius 2 is 2.04 bits per heavy atom. The van der Waals surface area contributed by atoms with Gasteiger partial charge in [0.2, 0.25) is 12.3 Å². The molecule has 3 atom stereocenters. The van der Waals surface area contributed by atoms with Crippen molar-refractivity contribution in [2.24, 2.45) is 0 Å². The second kappa shape index (κ2) is 8.05. The van der Waals surface area contributed by atoms with Gasteiger partial charge in [0, 0.05) is 19.0 Å². The Hall–Kier alpha value is -2.82. The quantitative estimate of drug-likeness (QED) is 0.534. The van der Waals surface area contributed by atoms with E-state index >= 15 is 8.78 Å². The van der Waals surface area contributed by atoms with E-state index < -0.39 is 48.1 Å². The summed E-state index contributed by atoms with van der Waals surface area (Å²) in [5.74, 6) is -5.64. The summed E-state index contributed by atoms with van der Waals surface area (Å²) >= 11 is 0. The second-order valence-corrected chi connectivity index (χ2v) is 6.08. The molecule has 1 aromatic heterocycles. The van der Waals surface area contributed by atoms with E-state index in [9.17, 15) is 14.4 Å². The zero-order chi connectivity index (χ0) is 21.1. The van der Waals surface area contributed by atoms with Crippen LogP contribution >= 0.6 is 0 Å². The number of halogens is 2. The lowest BCUT2D eigenvalue weighted by atomic mass is 9.95. The summed E-state index contributed by atoms with van der Waals surface area (Å²) in [5, 5.41) is 0. The topological polar surface area (TPSA) is 123 Å². The van der Waals surface area contributed by atoms with Gasteiger partial charge < -0.3 is 19.9 Å². The first kappa shape index (κ1) is 21.5. The SMILES string of the molecule is C=CC1(COC(=O)CC)OC(n2ccc(N)nc2=O)C(F)(F)C1OC(=O)CC. The summed E-state index contributed by atoms with van der Waals surface area (Å²) in [6.07, 6.45) is -2.62. The monoisotopic (exact) mass is 401 g/mol. The van der Waals surface area contributed by atoms with Crippen LogP contribution in [0.3, 0.4) is 0 Å². The highest BCUT2D eigenvalue weighted by atomic mass is 19.3. The standard InChI is InChI=1S/C17H21F2N3O6/c1-4-11(23)26-9-16(6-3)13(27-12(24)5-2)17(18,19)14(28-16)22-8-7-10(20)21-15(22)25/h6-8,13-14H,3-5,9H2,1-2H3,(H2,20,21,25). The molecule has 0 bridgehead atoms. The smallest absolute Gasteiger partial charge is 0.351 e. The minimum Gasteiger partial charge on any atom is -0.462 e. The second-order valence-electron chi connectivity index (χ2n) is 6.08. The molecule has 0 saturated carbocycles. The Labute approximate surface area is 159 Å². The summed E-state index contributed by atoms with van der Waals surface area (Å²) in [6.45, 7) is 5.73. The number of anilines is 1. The molecule has 28 heavy (non-hydrogen) atoms. The lowest BCUT2D eigenvalue weighted by Crippen LogP contribution is -2.51. The van der Waals surface area contributed by atoms with Gasteiger partial charge in [-0.3, -0.25) is 14.2 Å². The lowest BCUT2D eigenvalue weighted by Gasteiger charge is -2.30. The molecule has 1 fully saturated rings. The number of rotatable bonds is 7. The van der Waals surface area contributed by atoms with Crippen molar-refractivity contribution in [3.8, 4) is 0 Å². The normalized spacial score (nSPS) is 25.9. The molecule has 1 aliphatic rings. The van der Waals surface area contributed by atoms with Gasteiger partial charge in [-0.1, -0.05) is 26.5 Å². The third-order valence-corrected chi connectivity index (χ3v) is 4.19. The van der Waals surface area contributed by atoms with Crippen molar-refractivity contribution in [2.45, 2.75) is 50.5 Å². The Bertz CT molecular complexity index is 827. The average molecular weight is 401 g/mol. The maximum atomic E-state index is 15.2. The van der Waals surface area contributed by atoms with Crippen LogP contribution in [0.25, 0.3) is 0 Å². The van der Waals surface area contributed by atoms with Crippen molar-refractivity contribution in [1.29, 1.82) is 0 Å². The number of alkyl halides is 2. The number of carbonyl (C=O) groups excluding carboxylic acids is 2. The molecule has 0 spiro atoms. The van der Waals surface area contributed by atoms with Crippen LogP contribution in [0.15, 0.2) is 29.7 Å². The first-order valence-corrected chi connectivity index (χ1v) is 8.50. The Balaban J connectivity index is 2.52. The van der Waals surface area contributed by atoms with Crippen LogP contribution in [0, 0.1) is 0 Å². The minimum absolute atomic E-state index is 0.00615. The first-order chi connectivity index (χ1) is 13.1. The summed E-state index contributed by atoms with van der Waals surface area (Å²) in [7, 11) is 0. The van der Waals surface area contributed by atoms with Crippen LogP contribution < -0.4 is 11.4 Å². The summed E-state index contributed by atoms with van der Waals surface area (Å²) in [5.41, 5.74) is 2.22. The van der Waals surface area contributed by atoms with Crippen molar-refractivity contribution in [2.75, 3.05) is 12.3 Å². The fourth-order valence-electron chi connectivity index (χ4n) is 2.66. The molecule has 3 unspecified atom stereocenters. The first-order valence-electron chi connectivity index (χ1n) is 8.50. The molecule has 1 aromatic rings. The van der Waals surface area contributed by atoms with Crippen molar-refractivity contribution in [3.63, 3.8) is 0 Å². The van der Waals surface area contributed by atoms with Gasteiger partial charge in [0.25, 0.3) is 0 Å². The van der Waals surface area contributed by atoms with Crippen molar-refractivity contribution in [1.82, 2.24) is 9.55 Å². The van der Waals surface area contributed by atoms with Gasteiger partial charge in [0.1, 0.15) is 12.4 Å². The van der Waals surface area contributed by atoms with Crippen molar-refractivity contribution >= 4 is 17.8 Å². The van der Waals surface area contributed by atoms with Crippen LogP contribution in [0.1, 0.15) is 32.9 Å². The van der Waals surface area contributed by atoms with Crippen molar-refractivity contribution < 1.29 is 32.6 Å². The highest BCUT2D eigenvalue weighted by Gasteiger charge is 2.69. The van der Waals surface area contributed by atoms with Crippen molar-refractivity contribution in [3.05, 3.63) is 35.4 Å². The molecular weight excluding hydrogens is 380 g/mol. The van der Waals surface area contributed by atoms with E-state index in [-0.39, 0.29) is 18.7 Å². The molecule has 2 rings (SSSR count). The van der Waals surface area contributed by atoms with Crippen LogP contribution in [-0.2, 0) is 23.8 Å². The van der Waals surface area contributed by atoms with Crippen LogP contribution in [0.4, 0.5) is 14.6 Å². The summed E-state index contributed by atoms with van der Waals surface area (Å²) < 4.78 is 46.3. The molecule has 9 nitrogen and oxygen atoms in total. The molecule has 11 heteroatoms. The summed E-state index contributed by atoms with van der Waals surface area (Å²) in [6, 6.07) is 1.14. The van der Waals surface area contributed by atoms with E-state index in [1.54, 1.807) is 0 Å². The van der Waals surface area contributed by atoms with Crippen LogP contribution in [0.2, 0.25) is 0 Å². The molecule has 0 amide bonds. The summed E-state index contributed by atoms with van der Waals surface area (Å²) in [4.78, 5) is 38.7. The van der Waals surface area contributed by atoms with Crippen LogP contribution in [-0.4, -0.2) is 45.7 Å². The van der Waals surface area contributed by atoms with E-state index in [0.29, 0.717) is 4.57 Å². The molecule has 154 valence electrons. The number of ether oxygens (including phenoxy) is 3. The van der Waals surface area contributed by atoms with Gasteiger partial charge in [0.05, 0.1) is 0 Å². The molecule has 0 radical (unpaired) electrons. The highest BCUT2D eigenvalue weighted by Crippen LogP contribution is 2.50. The highest BCUT2D eigenvalue weighted by molar-refractivity contribution is 5.70. The number of carbonyl (C=O) groups is 2. The number of hydrogen-bond donors (Lipinski definition) is 1. The Morgan fingerprint density at radius 1 is 1.39 bits per heavy atom. The fraction of sp³-hybridized carbons (Fsp3) is 0.529. The predicted molar refractivity (Wildman–Crippen MR) is 92.3 cm³/mol. The van der Waals surface area contributed by atoms with Gasteiger partial charge in [-0.25, -0.2) is 4.79 Å². The number of hydrogen-bond acceptors (Lipinski definition) is 8. The number of nitrogens with two attached hydrogens (primary N) is 1. The number of nitrogen functional groups attached to an aromatic ring is 1. The molecule has 1 aliphatic heterocycles. The van der Waals surface area contributed by atoms with Gasteiger partial charge in [0.15, 0.2) is 5.60 Å². The average Bonchev–Trinajstić information content (AvgIpc) is 2.87.